The number of benzene rings is 1. The van der Waals surface area contributed by atoms with E-state index in [1.807, 2.05) is 18.2 Å². The molecule has 3 nitrogen and oxygen atoms in total. The zero-order chi connectivity index (χ0) is 11.5. The maximum Gasteiger partial charge on any atom is 0.254 e. The van der Waals surface area contributed by atoms with Crippen LogP contribution in [-0.4, -0.2) is 29.7 Å². The Morgan fingerprint density at radius 1 is 1.38 bits per heavy atom. The molecule has 0 saturated carbocycles. The fourth-order valence-electron chi connectivity index (χ4n) is 2.19. The van der Waals surface area contributed by atoms with Gasteiger partial charge in [0, 0.05) is 12.1 Å². The summed E-state index contributed by atoms with van der Waals surface area (Å²) in [6.45, 7) is 2.74. The van der Waals surface area contributed by atoms with Gasteiger partial charge in [0.1, 0.15) is 6.29 Å². The standard InChI is InChI=1S/C13H15NO2/c1-10-7-12(9-15)14(8-10)13(16)11-5-3-2-4-6-11/h2-6,9-10,12H,7-8H2,1H3. The Hall–Kier alpha value is -1.64. The van der Waals surface area contributed by atoms with Crippen LogP contribution in [0.4, 0.5) is 0 Å². The lowest BCUT2D eigenvalue weighted by molar-refractivity contribution is -0.111. The van der Waals surface area contributed by atoms with Gasteiger partial charge in [0.25, 0.3) is 5.91 Å². The highest BCUT2D eigenvalue weighted by atomic mass is 16.2. The minimum atomic E-state index is -0.247. The van der Waals surface area contributed by atoms with E-state index in [-0.39, 0.29) is 11.9 Å². The van der Waals surface area contributed by atoms with Crippen molar-refractivity contribution in [1.29, 1.82) is 0 Å². The van der Waals surface area contributed by atoms with Gasteiger partial charge in [-0.05, 0) is 24.5 Å². The summed E-state index contributed by atoms with van der Waals surface area (Å²) in [6.07, 6.45) is 1.66. The number of hydrogen-bond acceptors (Lipinski definition) is 2. The molecule has 0 aromatic heterocycles. The fraction of sp³-hybridized carbons (Fsp3) is 0.385. The first kappa shape index (κ1) is 10.9. The highest BCUT2D eigenvalue weighted by Crippen LogP contribution is 2.23. The van der Waals surface area contributed by atoms with Crippen LogP contribution in [0, 0.1) is 5.92 Å². The number of amides is 1. The Labute approximate surface area is 95.1 Å². The second-order valence-electron chi connectivity index (χ2n) is 4.37. The fourth-order valence-corrected chi connectivity index (χ4v) is 2.19. The molecule has 1 amide bonds. The van der Waals surface area contributed by atoms with Crippen LogP contribution >= 0.6 is 0 Å². The van der Waals surface area contributed by atoms with E-state index < -0.39 is 0 Å². The smallest absolute Gasteiger partial charge is 0.254 e. The summed E-state index contributed by atoms with van der Waals surface area (Å²) in [5, 5.41) is 0. The maximum absolute atomic E-state index is 12.1. The second kappa shape index (κ2) is 4.47. The van der Waals surface area contributed by atoms with E-state index in [0.717, 1.165) is 12.7 Å². The van der Waals surface area contributed by atoms with Crippen LogP contribution in [-0.2, 0) is 4.79 Å². The number of carbonyl (C=O) groups is 2. The van der Waals surface area contributed by atoms with Crippen LogP contribution in [0.15, 0.2) is 30.3 Å². The van der Waals surface area contributed by atoms with Crippen molar-refractivity contribution in [1.82, 2.24) is 4.90 Å². The average Bonchev–Trinajstić information content (AvgIpc) is 2.70. The van der Waals surface area contributed by atoms with E-state index >= 15 is 0 Å². The molecule has 1 saturated heterocycles. The Morgan fingerprint density at radius 3 is 2.69 bits per heavy atom. The van der Waals surface area contributed by atoms with Gasteiger partial charge in [0.15, 0.2) is 0 Å². The van der Waals surface area contributed by atoms with E-state index in [9.17, 15) is 9.59 Å². The quantitative estimate of drug-likeness (QED) is 0.707. The van der Waals surface area contributed by atoms with Crippen LogP contribution in [0.1, 0.15) is 23.7 Å². The third-order valence-electron chi connectivity index (χ3n) is 2.99. The first-order chi connectivity index (χ1) is 7.72. The molecule has 1 fully saturated rings. The van der Waals surface area contributed by atoms with Crippen LogP contribution in [0.2, 0.25) is 0 Å². The summed E-state index contributed by atoms with van der Waals surface area (Å²) in [5.41, 5.74) is 0.656. The molecule has 0 radical (unpaired) electrons. The Morgan fingerprint density at radius 2 is 2.06 bits per heavy atom. The predicted molar refractivity (Wildman–Crippen MR) is 61.1 cm³/mol. The van der Waals surface area contributed by atoms with Crippen molar-refractivity contribution in [2.45, 2.75) is 19.4 Å². The predicted octanol–water partition coefficient (Wildman–Crippen LogP) is 1.74. The molecule has 1 heterocycles. The van der Waals surface area contributed by atoms with Crippen LogP contribution in [0.5, 0.6) is 0 Å². The number of nitrogens with zero attached hydrogens (tertiary/aromatic N) is 1. The van der Waals surface area contributed by atoms with Gasteiger partial charge in [0.2, 0.25) is 0 Å². The van der Waals surface area contributed by atoms with Crippen molar-refractivity contribution in [3.63, 3.8) is 0 Å². The molecule has 0 bridgehead atoms. The second-order valence-corrected chi connectivity index (χ2v) is 4.37. The van der Waals surface area contributed by atoms with Crippen LogP contribution in [0.3, 0.4) is 0 Å². The normalized spacial score (nSPS) is 24.4. The molecule has 1 aliphatic heterocycles. The molecule has 1 aromatic rings. The van der Waals surface area contributed by atoms with Gasteiger partial charge in [-0.15, -0.1) is 0 Å². The molecule has 1 aromatic carbocycles. The Bertz CT molecular complexity index is 388. The molecule has 84 valence electrons. The number of rotatable bonds is 2. The molecular weight excluding hydrogens is 202 g/mol. The monoisotopic (exact) mass is 217 g/mol. The summed E-state index contributed by atoms with van der Waals surface area (Å²) in [5.74, 6) is 0.366. The van der Waals surface area contributed by atoms with Crippen molar-refractivity contribution < 1.29 is 9.59 Å². The lowest BCUT2D eigenvalue weighted by Crippen LogP contribution is -2.36. The Balaban J connectivity index is 2.19. The van der Waals surface area contributed by atoms with Crippen molar-refractivity contribution in [2.24, 2.45) is 5.92 Å². The van der Waals surface area contributed by atoms with Gasteiger partial charge in [0.05, 0.1) is 6.04 Å². The molecule has 3 heteroatoms. The lowest BCUT2D eigenvalue weighted by Gasteiger charge is -2.20. The largest absolute Gasteiger partial charge is 0.329 e. The van der Waals surface area contributed by atoms with Gasteiger partial charge in [-0.2, -0.15) is 0 Å². The van der Waals surface area contributed by atoms with E-state index in [4.69, 9.17) is 0 Å². The van der Waals surface area contributed by atoms with Crippen molar-refractivity contribution >= 4 is 12.2 Å². The van der Waals surface area contributed by atoms with Gasteiger partial charge in [-0.25, -0.2) is 0 Å². The van der Waals surface area contributed by atoms with Crippen molar-refractivity contribution in [3.8, 4) is 0 Å². The highest BCUT2D eigenvalue weighted by Gasteiger charge is 2.32. The number of aldehydes is 1. The summed E-state index contributed by atoms with van der Waals surface area (Å²) >= 11 is 0. The number of likely N-dealkylation sites (tertiary alicyclic amines) is 1. The summed E-state index contributed by atoms with van der Waals surface area (Å²) < 4.78 is 0. The van der Waals surface area contributed by atoms with Gasteiger partial charge < -0.3 is 9.69 Å². The third-order valence-corrected chi connectivity index (χ3v) is 2.99. The van der Waals surface area contributed by atoms with E-state index in [1.54, 1.807) is 17.0 Å². The van der Waals surface area contributed by atoms with E-state index in [1.165, 1.54) is 0 Å². The molecule has 1 aliphatic rings. The van der Waals surface area contributed by atoms with E-state index in [0.29, 0.717) is 18.0 Å². The number of hydrogen-bond donors (Lipinski definition) is 0. The lowest BCUT2D eigenvalue weighted by atomic mass is 10.1. The zero-order valence-corrected chi connectivity index (χ0v) is 9.30. The molecule has 0 spiro atoms. The minimum Gasteiger partial charge on any atom is -0.329 e. The third kappa shape index (κ3) is 1.98. The first-order valence-corrected chi connectivity index (χ1v) is 5.53. The molecular formula is C13H15NO2. The van der Waals surface area contributed by atoms with Gasteiger partial charge in [-0.3, -0.25) is 4.79 Å². The average molecular weight is 217 g/mol. The van der Waals surface area contributed by atoms with Crippen molar-refractivity contribution in [2.75, 3.05) is 6.54 Å². The molecule has 0 N–H and O–H groups in total. The summed E-state index contributed by atoms with van der Waals surface area (Å²) in [4.78, 5) is 24.7. The Kier molecular flexibility index (Phi) is 3.04. The molecule has 16 heavy (non-hydrogen) atoms. The zero-order valence-electron chi connectivity index (χ0n) is 9.30. The topological polar surface area (TPSA) is 37.4 Å². The minimum absolute atomic E-state index is 0.0398. The SMILES string of the molecule is CC1CC(C=O)N(C(=O)c2ccccc2)C1. The molecule has 2 atom stereocenters. The van der Waals surface area contributed by atoms with Crippen LogP contribution < -0.4 is 0 Å². The molecule has 0 aliphatic carbocycles. The van der Waals surface area contributed by atoms with Crippen LogP contribution in [0.25, 0.3) is 0 Å². The van der Waals surface area contributed by atoms with E-state index in [2.05, 4.69) is 6.92 Å². The first-order valence-electron chi connectivity index (χ1n) is 5.53. The molecule has 2 unspecified atom stereocenters. The van der Waals surface area contributed by atoms with Gasteiger partial charge >= 0.3 is 0 Å². The van der Waals surface area contributed by atoms with Crippen molar-refractivity contribution in [3.05, 3.63) is 35.9 Å². The highest BCUT2D eigenvalue weighted by molar-refractivity contribution is 5.95. The maximum atomic E-state index is 12.1. The summed E-state index contributed by atoms with van der Waals surface area (Å²) in [6, 6.07) is 8.87. The number of carbonyl (C=O) groups excluding carboxylic acids is 2. The van der Waals surface area contributed by atoms with Gasteiger partial charge in [-0.1, -0.05) is 25.1 Å². The summed E-state index contributed by atoms with van der Waals surface area (Å²) in [7, 11) is 0. The molecule has 2 rings (SSSR count).